The van der Waals surface area contributed by atoms with Gasteiger partial charge in [0.25, 0.3) is 5.91 Å². The number of nitrogens with two attached hydrogens (primary N) is 1. The molecule has 2 heterocycles. The van der Waals surface area contributed by atoms with Crippen LogP contribution in [0.1, 0.15) is 21.6 Å². The summed E-state index contributed by atoms with van der Waals surface area (Å²) >= 11 is 0. The summed E-state index contributed by atoms with van der Waals surface area (Å²) in [5, 5.41) is 19.3. The second-order valence-electron chi connectivity index (χ2n) is 9.35. The maximum atomic E-state index is 14.4. The highest BCUT2D eigenvalue weighted by atomic mass is 32.2. The third-order valence-electron chi connectivity index (χ3n) is 6.44. The molecule has 1 atom stereocenters. The molecule has 15 heteroatoms. The highest BCUT2D eigenvalue weighted by Crippen LogP contribution is 2.35. The van der Waals surface area contributed by atoms with Gasteiger partial charge in [-0.25, -0.2) is 18.6 Å². The largest absolute Gasteiger partial charge is 0.505 e. The highest BCUT2D eigenvalue weighted by molar-refractivity contribution is 7.86. The van der Waals surface area contributed by atoms with Crippen LogP contribution in [0, 0.1) is 5.82 Å². The number of rotatable bonds is 9. The average Bonchev–Trinajstić information content (AvgIpc) is 3.41. The Kier molecular flexibility index (Phi) is 8.00. The number of aromatic nitrogens is 4. The van der Waals surface area contributed by atoms with Crippen LogP contribution < -0.4 is 15.4 Å². The number of fused-ring (bicyclic) bond motifs is 1. The number of nitrogens with one attached hydrogen (secondary N) is 2. The van der Waals surface area contributed by atoms with Gasteiger partial charge in [0.05, 0.1) is 22.4 Å². The molecule has 5 rings (SSSR count). The van der Waals surface area contributed by atoms with Crippen LogP contribution in [0.25, 0.3) is 22.4 Å². The Morgan fingerprint density at radius 1 is 1.07 bits per heavy atom. The summed E-state index contributed by atoms with van der Waals surface area (Å²) in [4.78, 5) is 21.2. The molecule has 1 unspecified atom stereocenters. The minimum Gasteiger partial charge on any atom is -0.505 e. The topological polar surface area (TPSA) is 150 Å². The van der Waals surface area contributed by atoms with Gasteiger partial charge in [-0.1, -0.05) is 36.4 Å². The van der Waals surface area contributed by atoms with Crippen molar-refractivity contribution in [3.63, 3.8) is 0 Å². The highest BCUT2D eigenvalue weighted by Gasteiger charge is 2.31. The summed E-state index contributed by atoms with van der Waals surface area (Å²) in [6.07, 6.45) is -6.18. The van der Waals surface area contributed by atoms with Crippen molar-refractivity contribution in [2.24, 2.45) is 5.73 Å². The maximum Gasteiger partial charge on any atom is 0.393 e. The van der Waals surface area contributed by atoms with Crippen molar-refractivity contribution in [1.82, 2.24) is 20.2 Å². The number of anilines is 2. The summed E-state index contributed by atoms with van der Waals surface area (Å²) in [7, 11) is 0.107. The summed E-state index contributed by atoms with van der Waals surface area (Å²) in [5.74, 6) is -3.41. The number of H-pyrrole nitrogens is 1. The molecule has 1 amide bonds. The lowest BCUT2D eigenvalue weighted by molar-refractivity contribution is -0.127. The zero-order valence-electron chi connectivity index (χ0n) is 22.3. The molecule has 43 heavy (non-hydrogen) atoms. The van der Waals surface area contributed by atoms with E-state index in [4.69, 9.17) is 5.73 Å². The number of amides is 1. The van der Waals surface area contributed by atoms with Crippen molar-refractivity contribution in [3.8, 4) is 17.1 Å². The number of hydrogen-bond acceptors (Lipinski definition) is 7. The van der Waals surface area contributed by atoms with E-state index in [0.717, 1.165) is 0 Å². The van der Waals surface area contributed by atoms with E-state index in [1.165, 1.54) is 0 Å². The lowest BCUT2D eigenvalue weighted by atomic mass is 10.0. The molecule has 5 N–H and O–H groups in total. The number of carbonyl (C=O) groups is 1. The number of para-hydroxylation sites is 1. The minimum atomic E-state index is -4.69. The second-order valence-corrected chi connectivity index (χ2v) is 10.9. The number of aromatic amines is 1. The van der Waals surface area contributed by atoms with E-state index in [1.54, 1.807) is 59.9 Å². The van der Waals surface area contributed by atoms with Gasteiger partial charge in [-0.05, 0) is 41.5 Å². The van der Waals surface area contributed by atoms with Gasteiger partial charge in [-0.3, -0.25) is 14.2 Å². The van der Waals surface area contributed by atoms with Gasteiger partial charge in [-0.15, -0.1) is 0 Å². The number of carbonyl (C=O) groups excluding carboxylic acids is 1. The second kappa shape index (κ2) is 11.7. The molecule has 0 aliphatic carbocycles. The van der Waals surface area contributed by atoms with Crippen LogP contribution in [0.4, 0.5) is 29.1 Å². The van der Waals surface area contributed by atoms with Crippen molar-refractivity contribution in [2.75, 3.05) is 16.7 Å². The minimum absolute atomic E-state index is 0.0318. The van der Waals surface area contributed by atoms with Gasteiger partial charge < -0.3 is 16.2 Å². The molecule has 0 bridgehead atoms. The Hall–Kier alpha value is -5.05. The number of primary amides is 1. The van der Waals surface area contributed by atoms with Gasteiger partial charge in [-0.2, -0.15) is 18.3 Å². The fourth-order valence-corrected chi connectivity index (χ4v) is 5.52. The molecule has 0 aliphatic heterocycles. The molecule has 2 aromatic heterocycles. The number of aromatic hydroxyl groups is 1. The summed E-state index contributed by atoms with van der Waals surface area (Å²) in [6.45, 7) is 0.0424. The zero-order chi connectivity index (χ0) is 30.9. The molecule has 0 fully saturated rings. The van der Waals surface area contributed by atoms with E-state index < -0.39 is 46.6 Å². The van der Waals surface area contributed by atoms with Crippen molar-refractivity contribution in [2.45, 2.75) is 24.0 Å². The van der Waals surface area contributed by atoms with E-state index in [9.17, 15) is 31.7 Å². The summed E-state index contributed by atoms with van der Waals surface area (Å²) in [6, 6.07) is 17.2. The Labute approximate surface area is 244 Å². The van der Waals surface area contributed by atoms with E-state index in [2.05, 4.69) is 25.5 Å². The number of hydrogen-bond donors (Lipinski definition) is 4. The van der Waals surface area contributed by atoms with Gasteiger partial charge in [0.2, 0.25) is 0 Å². The first kappa shape index (κ1) is 29.4. The molecular weight excluding hydrogens is 590 g/mol. The smallest absolute Gasteiger partial charge is 0.393 e. The predicted octanol–water partition coefficient (Wildman–Crippen LogP) is 4.84. The van der Waals surface area contributed by atoms with E-state index in [-0.39, 0.29) is 40.5 Å². The molecule has 0 saturated carbocycles. The van der Waals surface area contributed by atoms with Gasteiger partial charge in [0.15, 0.2) is 34.0 Å². The maximum absolute atomic E-state index is 14.4. The van der Waals surface area contributed by atoms with Crippen molar-refractivity contribution < 1.29 is 31.7 Å². The number of nitrogens with zero attached hydrogens (tertiary/aromatic N) is 4. The summed E-state index contributed by atoms with van der Waals surface area (Å²) < 4.78 is 69.2. The van der Waals surface area contributed by atoms with E-state index >= 15 is 0 Å². The number of phenolic OH excluding ortho intramolecular Hbond substituents is 1. The lowest BCUT2D eigenvalue weighted by Crippen LogP contribution is -2.22. The Morgan fingerprint density at radius 3 is 2.47 bits per heavy atom. The molecule has 5 aromatic rings. The summed E-state index contributed by atoms with van der Waals surface area (Å²) in [5.41, 5.74) is 5.65. The first-order chi connectivity index (χ1) is 20.4. The molecule has 3 aromatic carbocycles. The van der Waals surface area contributed by atoms with E-state index in [1.807, 2.05) is 6.07 Å². The monoisotopic (exact) mass is 613 g/mol. The molecule has 0 aliphatic rings. The van der Waals surface area contributed by atoms with Crippen LogP contribution in [0.5, 0.6) is 5.75 Å². The van der Waals surface area contributed by atoms with Gasteiger partial charge in [0.1, 0.15) is 11.5 Å². The van der Waals surface area contributed by atoms with Gasteiger partial charge >= 0.3 is 6.18 Å². The lowest BCUT2D eigenvalue weighted by Gasteiger charge is -2.22. The molecule has 0 radical (unpaired) electrons. The third-order valence-corrected chi connectivity index (χ3v) is 7.80. The Balaban J connectivity index is 1.57. The van der Waals surface area contributed by atoms with Crippen LogP contribution in [0.2, 0.25) is 0 Å². The van der Waals surface area contributed by atoms with Crippen molar-refractivity contribution in [1.29, 1.82) is 0 Å². The molecular formula is C28H23F4N7O3S. The number of halogens is 4. The number of phenols is 1. The van der Waals surface area contributed by atoms with Crippen molar-refractivity contribution in [3.05, 3.63) is 89.4 Å². The molecule has 0 saturated heterocycles. The number of alkyl halides is 3. The van der Waals surface area contributed by atoms with Crippen LogP contribution in [-0.2, 0) is 24.0 Å². The SMILES string of the molecule is CN(c1ccccc1CNc1nc(-c2cc(F)c(O)cc2CC(F)(F)F)nc2n[nH]c(C(N)=O)c12)S(=O)c1ccccc1. The average molecular weight is 614 g/mol. The fraction of sp³-hybridized carbons (Fsp3) is 0.143. The van der Waals surface area contributed by atoms with Crippen LogP contribution in [0.3, 0.4) is 0 Å². The normalized spacial score (nSPS) is 12.3. The van der Waals surface area contributed by atoms with Gasteiger partial charge in [0, 0.05) is 19.2 Å². The quantitative estimate of drug-likeness (QED) is 0.174. The first-order valence-corrected chi connectivity index (χ1v) is 13.7. The standard InChI is InChI=1S/C28H23F4N7O3S/c1-39(43(42)17-8-3-2-4-9-17)20-10-6-5-7-15(20)14-34-26-22-23(24(33)41)37-38-27(22)36-25(35-26)18-12-19(29)21(40)11-16(18)13-28(30,31)32/h2-12,40H,13-14H2,1H3,(H2,33,41)(H2,34,35,36,37,38). The third kappa shape index (κ3) is 6.25. The molecule has 222 valence electrons. The van der Waals surface area contributed by atoms with Crippen molar-refractivity contribution >= 4 is 39.4 Å². The number of benzene rings is 3. The zero-order valence-corrected chi connectivity index (χ0v) is 23.1. The van der Waals surface area contributed by atoms with Crippen LogP contribution in [-0.4, -0.2) is 48.6 Å². The van der Waals surface area contributed by atoms with E-state index in [0.29, 0.717) is 28.3 Å². The molecule has 10 nitrogen and oxygen atoms in total. The molecule has 0 spiro atoms. The van der Waals surface area contributed by atoms with Crippen LogP contribution in [0.15, 0.2) is 71.6 Å². The van der Waals surface area contributed by atoms with Crippen LogP contribution >= 0.6 is 0 Å². The predicted molar refractivity (Wildman–Crippen MR) is 152 cm³/mol. The first-order valence-electron chi connectivity index (χ1n) is 12.6. The fourth-order valence-electron chi connectivity index (χ4n) is 4.46. The Morgan fingerprint density at radius 2 is 1.77 bits per heavy atom. The Bertz CT molecular complexity index is 1850.